The van der Waals surface area contributed by atoms with Crippen LogP contribution in [0.5, 0.6) is 0 Å². The molecule has 0 aliphatic heterocycles. The van der Waals surface area contributed by atoms with Gasteiger partial charge in [0.1, 0.15) is 0 Å². The van der Waals surface area contributed by atoms with Crippen molar-refractivity contribution in [2.45, 2.75) is 13.0 Å². The van der Waals surface area contributed by atoms with Gasteiger partial charge in [0.15, 0.2) is 0 Å². The zero-order valence-electron chi connectivity index (χ0n) is 8.90. The molecule has 1 heterocycles. The normalized spacial score (nSPS) is 12.6. The maximum atomic E-state index is 11.7. The van der Waals surface area contributed by atoms with Crippen molar-refractivity contribution in [2.75, 3.05) is 6.54 Å². The van der Waals surface area contributed by atoms with Crippen LogP contribution in [0, 0.1) is 0 Å². The monoisotopic (exact) mass is 219 g/mol. The summed E-state index contributed by atoms with van der Waals surface area (Å²) >= 11 is 0. The van der Waals surface area contributed by atoms with E-state index in [-0.39, 0.29) is 12.5 Å². The minimum absolute atomic E-state index is 0.191. The van der Waals surface area contributed by atoms with Crippen LogP contribution in [-0.2, 0) is 0 Å². The summed E-state index contributed by atoms with van der Waals surface area (Å²) in [7, 11) is 0. The molecule has 0 saturated carbocycles. The SMILES string of the molecule is C[C@H](O)CNC(=O)c1ccc2[nH]ncc2c1. The number of aromatic amines is 1. The summed E-state index contributed by atoms with van der Waals surface area (Å²) in [6.45, 7) is 1.88. The first kappa shape index (κ1) is 10.6. The summed E-state index contributed by atoms with van der Waals surface area (Å²) < 4.78 is 0. The lowest BCUT2D eigenvalue weighted by Crippen LogP contribution is -2.30. The first-order chi connectivity index (χ1) is 7.66. The molecule has 0 saturated heterocycles. The van der Waals surface area contributed by atoms with E-state index in [1.54, 1.807) is 31.3 Å². The Labute approximate surface area is 92.5 Å². The van der Waals surface area contributed by atoms with Crippen molar-refractivity contribution in [3.8, 4) is 0 Å². The van der Waals surface area contributed by atoms with Crippen LogP contribution in [0.15, 0.2) is 24.4 Å². The maximum Gasteiger partial charge on any atom is 0.251 e. The van der Waals surface area contributed by atoms with Crippen LogP contribution in [0.3, 0.4) is 0 Å². The molecule has 84 valence electrons. The van der Waals surface area contributed by atoms with E-state index in [1.165, 1.54) is 0 Å². The van der Waals surface area contributed by atoms with Crippen molar-refractivity contribution in [1.29, 1.82) is 0 Å². The van der Waals surface area contributed by atoms with Gasteiger partial charge in [-0.15, -0.1) is 0 Å². The van der Waals surface area contributed by atoms with Crippen LogP contribution in [0.1, 0.15) is 17.3 Å². The van der Waals surface area contributed by atoms with Crippen molar-refractivity contribution >= 4 is 16.8 Å². The fourth-order valence-corrected chi connectivity index (χ4v) is 1.43. The number of aliphatic hydroxyl groups excluding tert-OH is 1. The molecule has 2 aromatic rings. The zero-order chi connectivity index (χ0) is 11.5. The molecule has 0 bridgehead atoms. The number of aliphatic hydroxyl groups is 1. The highest BCUT2D eigenvalue weighted by molar-refractivity contribution is 5.97. The Morgan fingerprint density at radius 1 is 1.62 bits per heavy atom. The average molecular weight is 219 g/mol. The third-order valence-electron chi connectivity index (χ3n) is 2.26. The lowest BCUT2D eigenvalue weighted by Gasteiger charge is -2.06. The third kappa shape index (κ3) is 2.20. The van der Waals surface area contributed by atoms with Gasteiger partial charge in [-0.05, 0) is 25.1 Å². The van der Waals surface area contributed by atoms with E-state index in [4.69, 9.17) is 5.11 Å². The van der Waals surface area contributed by atoms with Crippen LogP contribution in [0.4, 0.5) is 0 Å². The number of nitrogens with zero attached hydrogens (tertiary/aromatic N) is 1. The molecule has 1 aromatic heterocycles. The van der Waals surface area contributed by atoms with E-state index in [0.717, 1.165) is 10.9 Å². The quantitative estimate of drug-likeness (QED) is 0.710. The third-order valence-corrected chi connectivity index (χ3v) is 2.26. The predicted molar refractivity (Wildman–Crippen MR) is 60.1 cm³/mol. The van der Waals surface area contributed by atoms with Gasteiger partial charge in [0.2, 0.25) is 0 Å². The molecule has 0 aliphatic carbocycles. The van der Waals surface area contributed by atoms with E-state index in [9.17, 15) is 4.79 Å². The van der Waals surface area contributed by atoms with Crippen LogP contribution in [0.25, 0.3) is 10.9 Å². The number of rotatable bonds is 3. The summed E-state index contributed by atoms with van der Waals surface area (Å²) in [5.41, 5.74) is 1.46. The molecular weight excluding hydrogens is 206 g/mol. The summed E-state index contributed by atoms with van der Waals surface area (Å²) in [4.78, 5) is 11.7. The molecule has 1 aromatic carbocycles. The van der Waals surface area contributed by atoms with Crippen LogP contribution in [-0.4, -0.2) is 33.9 Å². The van der Waals surface area contributed by atoms with Crippen LogP contribution < -0.4 is 5.32 Å². The molecule has 1 amide bonds. The molecular formula is C11H13N3O2. The van der Waals surface area contributed by atoms with Gasteiger partial charge in [-0.2, -0.15) is 5.10 Å². The number of amides is 1. The highest BCUT2D eigenvalue weighted by Crippen LogP contribution is 2.12. The smallest absolute Gasteiger partial charge is 0.251 e. The van der Waals surface area contributed by atoms with E-state index < -0.39 is 6.10 Å². The van der Waals surface area contributed by atoms with Crippen LogP contribution in [0.2, 0.25) is 0 Å². The zero-order valence-corrected chi connectivity index (χ0v) is 8.90. The average Bonchev–Trinajstić information content (AvgIpc) is 2.72. The Morgan fingerprint density at radius 2 is 2.44 bits per heavy atom. The Kier molecular flexibility index (Phi) is 2.87. The highest BCUT2D eigenvalue weighted by atomic mass is 16.3. The maximum absolute atomic E-state index is 11.7. The molecule has 0 aliphatic rings. The molecule has 0 spiro atoms. The molecule has 0 fully saturated rings. The first-order valence-corrected chi connectivity index (χ1v) is 5.06. The molecule has 5 nitrogen and oxygen atoms in total. The van der Waals surface area contributed by atoms with Gasteiger partial charge in [-0.1, -0.05) is 0 Å². The molecule has 3 N–H and O–H groups in total. The van der Waals surface area contributed by atoms with E-state index in [0.29, 0.717) is 5.56 Å². The molecule has 2 rings (SSSR count). The van der Waals surface area contributed by atoms with Gasteiger partial charge in [-0.25, -0.2) is 0 Å². The molecule has 16 heavy (non-hydrogen) atoms. The second-order valence-corrected chi connectivity index (χ2v) is 3.73. The van der Waals surface area contributed by atoms with E-state index in [2.05, 4.69) is 15.5 Å². The lowest BCUT2D eigenvalue weighted by molar-refractivity contribution is 0.0924. The Morgan fingerprint density at radius 3 is 3.19 bits per heavy atom. The second kappa shape index (κ2) is 4.32. The van der Waals surface area contributed by atoms with Crippen molar-refractivity contribution in [3.63, 3.8) is 0 Å². The van der Waals surface area contributed by atoms with Crippen LogP contribution >= 0.6 is 0 Å². The minimum Gasteiger partial charge on any atom is -0.392 e. The number of hydrogen-bond acceptors (Lipinski definition) is 3. The van der Waals surface area contributed by atoms with Crippen molar-refractivity contribution < 1.29 is 9.90 Å². The van der Waals surface area contributed by atoms with Crippen molar-refractivity contribution in [1.82, 2.24) is 15.5 Å². The van der Waals surface area contributed by atoms with E-state index >= 15 is 0 Å². The predicted octanol–water partition coefficient (Wildman–Crippen LogP) is 0.673. The Balaban J connectivity index is 2.16. The second-order valence-electron chi connectivity index (χ2n) is 3.73. The van der Waals surface area contributed by atoms with Crippen molar-refractivity contribution in [3.05, 3.63) is 30.0 Å². The standard InChI is InChI=1S/C11H13N3O2/c1-7(15)5-12-11(16)8-2-3-10-9(4-8)6-13-14-10/h2-4,6-7,15H,5H2,1H3,(H,12,16)(H,13,14)/t7-/m0/s1. The number of aromatic nitrogens is 2. The van der Waals surface area contributed by atoms with Gasteiger partial charge < -0.3 is 10.4 Å². The lowest BCUT2D eigenvalue weighted by atomic mass is 10.1. The topological polar surface area (TPSA) is 78.0 Å². The summed E-state index contributed by atoms with van der Waals surface area (Å²) in [6, 6.07) is 5.29. The number of benzene rings is 1. The minimum atomic E-state index is -0.540. The fourth-order valence-electron chi connectivity index (χ4n) is 1.43. The Bertz CT molecular complexity index is 505. The summed E-state index contributed by atoms with van der Waals surface area (Å²) in [6.07, 6.45) is 1.13. The van der Waals surface area contributed by atoms with Gasteiger partial charge in [0.25, 0.3) is 5.91 Å². The fraction of sp³-hybridized carbons (Fsp3) is 0.273. The van der Waals surface area contributed by atoms with Gasteiger partial charge in [0.05, 0.1) is 17.8 Å². The van der Waals surface area contributed by atoms with E-state index in [1.807, 2.05) is 0 Å². The number of nitrogens with one attached hydrogen (secondary N) is 2. The summed E-state index contributed by atoms with van der Waals surface area (Å²) in [5.74, 6) is -0.191. The number of hydrogen-bond donors (Lipinski definition) is 3. The van der Waals surface area contributed by atoms with Gasteiger partial charge in [0, 0.05) is 17.5 Å². The summed E-state index contributed by atoms with van der Waals surface area (Å²) in [5, 5.41) is 19.3. The number of H-pyrrole nitrogens is 1. The first-order valence-electron chi connectivity index (χ1n) is 5.06. The molecule has 0 unspecified atom stereocenters. The molecule has 0 radical (unpaired) electrons. The Hall–Kier alpha value is -1.88. The van der Waals surface area contributed by atoms with Gasteiger partial charge in [-0.3, -0.25) is 9.89 Å². The number of carbonyl (C=O) groups is 1. The molecule has 1 atom stereocenters. The highest BCUT2D eigenvalue weighted by Gasteiger charge is 2.07. The largest absolute Gasteiger partial charge is 0.392 e. The van der Waals surface area contributed by atoms with Crippen molar-refractivity contribution in [2.24, 2.45) is 0 Å². The molecule has 5 heteroatoms. The van der Waals surface area contributed by atoms with Gasteiger partial charge >= 0.3 is 0 Å². The number of fused-ring (bicyclic) bond motifs is 1. The number of carbonyl (C=O) groups excluding carboxylic acids is 1.